The van der Waals surface area contributed by atoms with Gasteiger partial charge >= 0.3 is 13.6 Å². The van der Waals surface area contributed by atoms with Crippen LogP contribution in [-0.4, -0.2) is 31.4 Å². The van der Waals surface area contributed by atoms with E-state index in [2.05, 4.69) is 0 Å². The van der Waals surface area contributed by atoms with Gasteiger partial charge in [-0.15, -0.1) is 0 Å². The quantitative estimate of drug-likeness (QED) is 0.446. The molecular formula is C20H27O5P. The Morgan fingerprint density at radius 2 is 1.58 bits per heavy atom. The van der Waals surface area contributed by atoms with Gasteiger partial charge in [-0.1, -0.05) is 49.4 Å². The van der Waals surface area contributed by atoms with Gasteiger partial charge < -0.3 is 13.8 Å². The maximum absolute atomic E-state index is 13.4. The minimum Gasteiger partial charge on any atom is -0.465 e. The van der Waals surface area contributed by atoms with Crippen molar-refractivity contribution in [2.24, 2.45) is 0 Å². The summed E-state index contributed by atoms with van der Waals surface area (Å²) in [5.41, 5.74) is -0.120. The van der Waals surface area contributed by atoms with E-state index in [1.165, 1.54) is 0 Å². The van der Waals surface area contributed by atoms with Crippen LogP contribution in [-0.2, 0) is 23.1 Å². The van der Waals surface area contributed by atoms with Crippen LogP contribution in [0.1, 0.15) is 39.2 Å². The summed E-state index contributed by atoms with van der Waals surface area (Å²) >= 11 is 0. The Labute approximate surface area is 155 Å². The number of hydrogen-bond acceptors (Lipinski definition) is 5. The molecule has 2 rings (SSSR count). The Bertz CT molecular complexity index is 779. The zero-order valence-electron chi connectivity index (χ0n) is 15.8. The highest BCUT2D eigenvalue weighted by atomic mass is 31.2. The maximum atomic E-state index is 13.4. The molecule has 142 valence electrons. The molecule has 0 aliphatic heterocycles. The molecule has 5 nitrogen and oxygen atoms in total. The molecule has 0 saturated carbocycles. The number of fused-ring (bicyclic) bond motifs is 1. The van der Waals surface area contributed by atoms with E-state index < -0.39 is 19.2 Å². The van der Waals surface area contributed by atoms with E-state index >= 15 is 0 Å². The number of esters is 1. The number of carbonyl (C=O) groups is 1. The van der Waals surface area contributed by atoms with E-state index in [1.807, 2.05) is 49.4 Å². The lowest BCUT2D eigenvalue weighted by Crippen LogP contribution is -2.31. The molecule has 0 unspecified atom stereocenters. The van der Waals surface area contributed by atoms with Crippen LogP contribution in [0.25, 0.3) is 10.8 Å². The molecule has 0 fully saturated rings. The number of hydrogen-bond donors (Lipinski definition) is 0. The molecule has 0 aliphatic rings. The van der Waals surface area contributed by atoms with Crippen molar-refractivity contribution in [3.8, 4) is 0 Å². The third kappa shape index (κ3) is 4.53. The van der Waals surface area contributed by atoms with E-state index in [9.17, 15) is 9.36 Å². The Morgan fingerprint density at radius 1 is 0.962 bits per heavy atom. The third-order valence-corrected chi connectivity index (χ3v) is 6.84. The van der Waals surface area contributed by atoms with Crippen LogP contribution in [0.3, 0.4) is 0 Å². The number of carbonyl (C=O) groups excluding carboxylic acids is 1. The molecule has 0 amide bonds. The first-order valence-electron chi connectivity index (χ1n) is 9.00. The molecule has 26 heavy (non-hydrogen) atoms. The molecule has 0 saturated heterocycles. The average molecular weight is 378 g/mol. The van der Waals surface area contributed by atoms with Gasteiger partial charge in [0.2, 0.25) is 0 Å². The van der Waals surface area contributed by atoms with Gasteiger partial charge in [-0.3, -0.25) is 9.36 Å². The van der Waals surface area contributed by atoms with E-state index in [1.54, 1.807) is 20.8 Å². The highest BCUT2D eigenvalue weighted by Gasteiger charge is 2.46. The zero-order chi connectivity index (χ0) is 19.2. The van der Waals surface area contributed by atoms with Crippen LogP contribution < -0.4 is 0 Å². The summed E-state index contributed by atoms with van der Waals surface area (Å²) in [5, 5.41) is 2.16. The van der Waals surface area contributed by atoms with Gasteiger partial charge in [0.05, 0.1) is 19.8 Å². The molecule has 6 heteroatoms. The second kappa shape index (κ2) is 9.31. The molecule has 0 bridgehead atoms. The standard InChI is InChI=1S/C20H27O5P/c1-5-23-20(21)19(26(22,24-6-2)25-7-3)15(4)17-13-12-16-10-8-9-11-18(16)14-17/h8-15,19H,5-7H2,1-4H3/t15-,19-/m0/s1. The summed E-state index contributed by atoms with van der Waals surface area (Å²) < 4.78 is 29.5. The number of benzene rings is 2. The molecule has 0 N–H and O–H groups in total. The normalized spacial score (nSPS) is 14.2. The molecule has 0 spiro atoms. The lowest BCUT2D eigenvalue weighted by Gasteiger charge is -2.29. The van der Waals surface area contributed by atoms with E-state index in [0.717, 1.165) is 16.3 Å². The highest BCUT2D eigenvalue weighted by Crippen LogP contribution is 2.57. The van der Waals surface area contributed by atoms with Crippen molar-refractivity contribution < 1.29 is 23.1 Å². The van der Waals surface area contributed by atoms with Gasteiger partial charge in [-0.25, -0.2) is 0 Å². The van der Waals surface area contributed by atoms with Gasteiger partial charge in [0.25, 0.3) is 0 Å². The molecule has 0 aromatic heterocycles. The molecule has 2 aromatic carbocycles. The van der Waals surface area contributed by atoms with Gasteiger partial charge in [0.15, 0.2) is 5.66 Å². The van der Waals surface area contributed by atoms with Crippen LogP contribution in [0.4, 0.5) is 0 Å². The Morgan fingerprint density at radius 3 is 2.15 bits per heavy atom. The van der Waals surface area contributed by atoms with Crippen molar-refractivity contribution in [2.75, 3.05) is 19.8 Å². The van der Waals surface area contributed by atoms with Crippen molar-refractivity contribution >= 4 is 24.3 Å². The number of rotatable bonds is 9. The van der Waals surface area contributed by atoms with Crippen LogP contribution in [0, 0.1) is 0 Å². The topological polar surface area (TPSA) is 61.8 Å². The Hall–Kier alpha value is -1.68. The first kappa shape index (κ1) is 20.6. The number of ether oxygens (including phenoxy) is 1. The summed E-state index contributed by atoms with van der Waals surface area (Å²) in [4.78, 5) is 12.7. The van der Waals surface area contributed by atoms with E-state index in [-0.39, 0.29) is 25.7 Å². The minimum atomic E-state index is -3.67. The smallest absolute Gasteiger partial charge is 0.345 e. The lowest BCUT2D eigenvalue weighted by atomic mass is 9.95. The molecular weight excluding hydrogens is 351 g/mol. The largest absolute Gasteiger partial charge is 0.465 e. The van der Waals surface area contributed by atoms with Gasteiger partial charge in [-0.05, 0) is 37.1 Å². The average Bonchev–Trinajstić information content (AvgIpc) is 2.62. The first-order chi connectivity index (χ1) is 12.5. The van der Waals surface area contributed by atoms with Crippen molar-refractivity contribution in [2.45, 2.75) is 39.3 Å². The van der Waals surface area contributed by atoms with Crippen molar-refractivity contribution in [1.29, 1.82) is 0 Å². The predicted molar refractivity (Wildman–Crippen MR) is 104 cm³/mol. The van der Waals surface area contributed by atoms with Gasteiger partial charge in [0.1, 0.15) is 0 Å². The van der Waals surface area contributed by atoms with Crippen molar-refractivity contribution in [3.05, 3.63) is 48.0 Å². The Balaban J connectivity index is 2.47. The van der Waals surface area contributed by atoms with Crippen molar-refractivity contribution in [3.63, 3.8) is 0 Å². The molecule has 0 heterocycles. The second-order valence-corrected chi connectivity index (χ2v) is 8.12. The van der Waals surface area contributed by atoms with Crippen LogP contribution >= 0.6 is 7.60 Å². The SMILES string of the molecule is CCOC(=O)[C@H]([C@@H](C)c1ccc2ccccc2c1)P(=O)(OCC)OCC. The third-order valence-electron chi connectivity index (χ3n) is 4.26. The van der Waals surface area contributed by atoms with E-state index in [4.69, 9.17) is 13.8 Å². The summed E-state index contributed by atoms with van der Waals surface area (Å²) in [6, 6.07) is 13.9. The lowest BCUT2D eigenvalue weighted by molar-refractivity contribution is -0.143. The molecule has 0 radical (unpaired) electrons. The summed E-state index contributed by atoms with van der Waals surface area (Å²) in [7, 11) is -3.67. The van der Waals surface area contributed by atoms with Crippen LogP contribution in [0.15, 0.2) is 42.5 Å². The summed E-state index contributed by atoms with van der Waals surface area (Å²) in [6.45, 7) is 7.63. The fraction of sp³-hybridized carbons (Fsp3) is 0.450. The maximum Gasteiger partial charge on any atom is 0.345 e. The van der Waals surface area contributed by atoms with Gasteiger partial charge in [0, 0.05) is 5.92 Å². The van der Waals surface area contributed by atoms with E-state index in [0.29, 0.717) is 0 Å². The minimum absolute atomic E-state index is 0.192. The fourth-order valence-electron chi connectivity index (χ4n) is 3.07. The summed E-state index contributed by atoms with van der Waals surface area (Å²) in [5.74, 6) is -0.944. The molecule has 2 atom stereocenters. The highest BCUT2D eigenvalue weighted by molar-refractivity contribution is 7.55. The molecule has 2 aromatic rings. The monoisotopic (exact) mass is 378 g/mol. The predicted octanol–water partition coefficient (Wildman–Crippen LogP) is 5.14. The van der Waals surface area contributed by atoms with Crippen LogP contribution in [0.5, 0.6) is 0 Å². The zero-order valence-corrected chi connectivity index (χ0v) is 16.7. The second-order valence-electron chi connectivity index (χ2n) is 5.97. The Kier molecular flexibility index (Phi) is 7.39. The van der Waals surface area contributed by atoms with Gasteiger partial charge in [-0.2, -0.15) is 0 Å². The van der Waals surface area contributed by atoms with Crippen molar-refractivity contribution in [1.82, 2.24) is 0 Å². The van der Waals surface area contributed by atoms with Crippen LogP contribution in [0.2, 0.25) is 0 Å². The fourth-order valence-corrected chi connectivity index (χ4v) is 5.23. The summed E-state index contributed by atoms with van der Waals surface area (Å²) in [6.07, 6.45) is 0. The first-order valence-corrected chi connectivity index (χ1v) is 10.6. The molecule has 0 aliphatic carbocycles.